The van der Waals surface area contributed by atoms with E-state index in [-0.39, 0.29) is 23.0 Å². The van der Waals surface area contributed by atoms with Crippen molar-refractivity contribution in [2.75, 3.05) is 31.1 Å². The van der Waals surface area contributed by atoms with Crippen LogP contribution in [-0.2, 0) is 0 Å². The van der Waals surface area contributed by atoms with E-state index in [1.54, 1.807) is 15.9 Å². The Hall–Kier alpha value is -3.74. The average Bonchev–Trinajstić information content (AvgIpc) is 3.06. The Kier molecular flexibility index (Phi) is 4.04. The molecule has 9 nitrogen and oxygen atoms in total. The number of anilines is 1. The van der Waals surface area contributed by atoms with E-state index in [9.17, 15) is 14.0 Å². The molecule has 1 saturated heterocycles. The standard InChI is InChI=1S/C17H14FN7O2/c18-12-5-10(7-19)8-21-15(12)24-1-3-25(4-2-24)16(26)11-6-13-14(20-9-11)23-17(27)22-13/h5-6,8-9H,1-4H2,(H2,20,22,23,27). The molecule has 1 amide bonds. The van der Waals surface area contributed by atoms with Gasteiger partial charge in [0.25, 0.3) is 5.91 Å². The van der Waals surface area contributed by atoms with Gasteiger partial charge in [0.05, 0.1) is 16.6 Å². The molecule has 0 bridgehead atoms. The summed E-state index contributed by atoms with van der Waals surface area (Å²) in [5.41, 5.74) is 1.01. The summed E-state index contributed by atoms with van der Waals surface area (Å²) < 4.78 is 14.1. The minimum atomic E-state index is -0.556. The number of aromatic nitrogens is 4. The number of carbonyl (C=O) groups excluding carboxylic acids is 1. The molecule has 27 heavy (non-hydrogen) atoms. The Bertz CT molecular complexity index is 1120. The van der Waals surface area contributed by atoms with Crippen LogP contribution in [0.1, 0.15) is 15.9 Å². The van der Waals surface area contributed by atoms with Gasteiger partial charge in [-0.1, -0.05) is 0 Å². The number of amides is 1. The number of carbonyl (C=O) groups is 1. The van der Waals surface area contributed by atoms with Crippen LogP contribution in [0.5, 0.6) is 0 Å². The molecule has 136 valence electrons. The number of nitrogens with one attached hydrogen (secondary N) is 2. The fourth-order valence-electron chi connectivity index (χ4n) is 3.07. The number of nitriles is 1. The highest BCUT2D eigenvalue weighted by Crippen LogP contribution is 2.19. The normalized spacial score (nSPS) is 14.4. The van der Waals surface area contributed by atoms with Crippen LogP contribution in [0.15, 0.2) is 29.3 Å². The van der Waals surface area contributed by atoms with E-state index >= 15 is 0 Å². The molecular weight excluding hydrogens is 353 g/mol. The van der Waals surface area contributed by atoms with Gasteiger partial charge in [0.1, 0.15) is 6.07 Å². The molecular formula is C17H14FN7O2. The predicted molar refractivity (Wildman–Crippen MR) is 93.7 cm³/mol. The predicted octanol–water partition coefficient (Wildman–Crippen LogP) is 0.619. The lowest BCUT2D eigenvalue weighted by atomic mass is 10.2. The molecule has 10 heteroatoms. The molecule has 0 aliphatic carbocycles. The first-order valence-electron chi connectivity index (χ1n) is 8.23. The topological polar surface area (TPSA) is 122 Å². The fraction of sp³-hybridized carbons (Fsp3) is 0.235. The van der Waals surface area contributed by atoms with Gasteiger partial charge in [-0.05, 0) is 12.1 Å². The molecule has 3 aromatic heterocycles. The average molecular weight is 367 g/mol. The van der Waals surface area contributed by atoms with E-state index in [4.69, 9.17) is 5.26 Å². The van der Waals surface area contributed by atoms with E-state index < -0.39 is 5.82 Å². The second-order valence-electron chi connectivity index (χ2n) is 6.12. The van der Waals surface area contributed by atoms with Gasteiger partial charge in [0.2, 0.25) is 0 Å². The molecule has 1 fully saturated rings. The smallest absolute Gasteiger partial charge is 0.325 e. The zero-order valence-corrected chi connectivity index (χ0v) is 14.1. The molecule has 0 aromatic carbocycles. The number of imidazole rings is 1. The van der Waals surface area contributed by atoms with Gasteiger partial charge < -0.3 is 14.8 Å². The summed E-state index contributed by atoms with van der Waals surface area (Å²) in [5, 5.41) is 8.79. The van der Waals surface area contributed by atoms with Crippen LogP contribution in [0.4, 0.5) is 10.2 Å². The molecule has 4 heterocycles. The molecule has 2 N–H and O–H groups in total. The lowest BCUT2D eigenvalue weighted by Crippen LogP contribution is -2.49. The first kappa shape index (κ1) is 16.7. The number of hydrogen-bond acceptors (Lipinski definition) is 6. The molecule has 0 spiro atoms. The summed E-state index contributed by atoms with van der Waals surface area (Å²) >= 11 is 0. The van der Waals surface area contributed by atoms with Crippen LogP contribution < -0.4 is 10.6 Å². The Labute approximate surface area is 152 Å². The van der Waals surface area contributed by atoms with Crippen molar-refractivity contribution in [3.8, 4) is 6.07 Å². The minimum Gasteiger partial charge on any atom is -0.351 e. The van der Waals surface area contributed by atoms with Crippen LogP contribution in [0, 0.1) is 17.1 Å². The molecule has 0 atom stereocenters. The largest absolute Gasteiger partial charge is 0.351 e. The number of halogens is 1. The van der Waals surface area contributed by atoms with Gasteiger partial charge in [0, 0.05) is 38.6 Å². The maximum absolute atomic E-state index is 14.1. The molecule has 1 aliphatic rings. The summed E-state index contributed by atoms with van der Waals surface area (Å²) in [5.74, 6) is -0.590. The molecule has 4 rings (SSSR count). The van der Waals surface area contributed by atoms with Gasteiger partial charge in [-0.25, -0.2) is 19.2 Å². The monoisotopic (exact) mass is 367 g/mol. The summed E-state index contributed by atoms with van der Waals surface area (Å²) in [6.07, 6.45) is 2.75. The highest BCUT2D eigenvalue weighted by Gasteiger charge is 2.25. The number of fused-ring (bicyclic) bond motifs is 1. The third-order valence-electron chi connectivity index (χ3n) is 4.43. The Morgan fingerprint density at radius 1 is 1.15 bits per heavy atom. The number of rotatable bonds is 2. The van der Waals surface area contributed by atoms with Crippen molar-refractivity contribution in [2.24, 2.45) is 0 Å². The highest BCUT2D eigenvalue weighted by molar-refractivity contribution is 5.96. The number of hydrogen-bond donors (Lipinski definition) is 2. The summed E-state index contributed by atoms with van der Waals surface area (Å²) in [6, 6.07) is 4.58. The van der Waals surface area contributed by atoms with Gasteiger partial charge in [-0.2, -0.15) is 5.26 Å². The van der Waals surface area contributed by atoms with Crippen LogP contribution >= 0.6 is 0 Å². The quantitative estimate of drug-likeness (QED) is 0.685. The van der Waals surface area contributed by atoms with E-state index in [1.165, 1.54) is 12.4 Å². The second kappa shape index (κ2) is 6.53. The zero-order chi connectivity index (χ0) is 19.0. The van der Waals surface area contributed by atoms with Gasteiger partial charge in [-0.15, -0.1) is 0 Å². The number of nitrogens with zero attached hydrogens (tertiary/aromatic N) is 5. The van der Waals surface area contributed by atoms with E-state index in [0.717, 1.165) is 6.07 Å². The van der Waals surface area contributed by atoms with Crippen LogP contribution in [-0.4, -0.2) is 56.9 Å². The summed E-state index contributed by atoms with van der Waals surface area (Å²) in [6.45, 7) is 1.61. The Morgan fingerprint density at radius 3 is 2.63 bits per heavy atom. The highest BCUT2D eigenvalue weighted by atomic mass is 19.1. The van der Waals surface area contributed by atoms with Crippen LogP contribution in [0.2, 0.25) is 0 Å². The molecule has 1 aliphatic heterocycles. The van der Waals surface area contributed by atoms with Crippen molar-refractivity contribution in [2.45, 2.75) is 0 Å². The maximum Gasteiger partial charge on any atom is 0.325 e. The molecule has 0 saturated carbocycles. The fourth-order valence-corrected chi connectivity index (χ4v) is 3.07. The van der Waals surface area contributed by atoms with E-state index in [1.807, 2.05) is 6.07 Å². The van der Waals surface area contributed by atoms with E-state index in [2.05, 4.69) is 19.9 Å². The van der Waals surface area contributed by atoms with Crippen molar-refractivity contribution >= 4 is 22.9 Å². The Morgan fingerprint density at radius 2 is 1.93 bits per heavy atom. The van der Waals surface area contributed by atoms with E-state index in [0.29, 0.717) is 42.9 Å². The van der Waals surface area contributed by atoms with Crippen molar-refractivity contribution < 1.29 is 9.18 Å². The van der Waals surface area contributed by atoms with Gasteiger partial charge in [0.15, 0.2) is 17.3 Å². The van der Waals surface area contributed by atoms with Crippen molar-refractivity contribution in [1.82, 2.24) is 24.8 Å². The first-order chi connectivity index (χ1) is 13.0. The van der Waals surface area contributed by atoms with Crippen molar-refractivity contribution in [1.29, 1.82) is 5.26 Å². The Balaban J connectivity index is 1.47. The van der Waals surface area contributed by atoms with Gasteiger partial charge >= 0.3 is 5.69 Å². The lowest BCUT2D eigenvalue weighted by molar-refractivity contribution is 0.0746. The van der Waals surface area contributed by atoms with Crippen molar-refractivity contribution in [3.63, 3.8) is 0 Å². The number of pyridine rings is 2. The summed E-state index contributed by atoms with van der Waals surface area (Å²) in [7, 11) is 0. The first-order valence-corrected chi connectivity index (χ1v) is 8.23. The number of piperazine rings is 1. The van der Waals surface area contributed by atoms with Crippen LogP contribution in [0.25, 0.3) is 11.2 Å². The SMILES string of the molecule is N#Cc1cnc(N2CCN(C(=O)c3cnc4[nH]c(=O)[nH]c4c3)CC2)c(F)c1. The second-order valence-corrected chi connectivity index (χ2v) is 6.12. The number of H-pyrrole nitrogens is 2. The van der Waals surface area contributed by atoms with Crippen LogP contribution in [0.3, 0.4) is 0 Å². The zero-order valence-electron chi connectivity index (χ0n) is 14.1. The number of aromatic amines is 2. The molecule has 0 radical (unpaired) electrons. The third kappa shape index (κ3) is 3.10. The third-order valence-corrected chi connectivity index (χ3v) is 4.43. The maximum atomic E-state index is 14.1. The lowest BCUT2D eigenvalue weighted by Gasteiger charge is -2.35. The van der Waals surface area contributed by atoms with Crippen molar-refractivity contribution in [3.05, 3.63) is 52.0 Å². The molecule has 3 aromatic rings. The summed E-state index contributed by atoms with van der Waals surface area (Å²) in [4.78, 5) is 40.6. The molecule has 0 unspecified atom stereocenters. The minimum absolute atomic E-state index is 0.163. The van der Waals surface area contributed by atoms with Gasteiger partial charge in [-0.3, -0.25) is 9.78 Å².